The molecule has 0 saturated carbocycles. The van der Waals surface area contributed by atoms with Crippen molar-refractivity contribution in [3.05, 3.63) is 144 Å². The van der Waals surface area contributed by atoms with Gasteiger partial charge in [0.2, 0.25) is 0 Å². The first kappa shape index (κ1) is 25.5. The van der Waals surface area contributed by atoms with Gasteiger partial charge in [-0.25, -0.2) is 0 Å². The molecule has 0 bridgehead atoms. The minimum Gasteiger partial charge on any atom is -0.308 e. The van der Waals surface area contributed by atoms with E-state index < -0.39 is 0 Å². The zero-order valence-electron chi connectivity index (χ0n) is 23.9. The highest BCUT2D eigenvalue weighted by molar-refractivity contribution is 6.17. The summed E-state index contributed by atoms with van der Waals surface area (Å²) in [6.45, 7) is 6.48. The second-order valence-corrected chi connectivity index (χ2v) is 10.9. The number of para-hydroxylation sites is 2. The van der Waals surface area contributed by atoms with Crippen molar-refractivity contribution in [3.63, 3.8) is 0 Å². The van der Waals surface area contributed by atoms with Gasteiger partial charge < -0.3 is 4.57 Å². The van der Waals surface area contributed by atoms with Crippen molar-refractivity contribution in [1.82, 2.24) is 9.55 Å². The van der Waals surface area contributed by atoms with Crippen molar-refractivity contribution in [1.29, 1.82) is 5.26 Å². The van der Waals surface area contributed by atoms with Gasteiger partial charge in [0.15, 0.2) is 0 Å². The van der Waals surface area contributed by atoms with Crippen LogP contribution in [0.1, 0.15) is 22.3 Å². The lowest BCUT2D eigenvalue weighted by Crippen LogP contribution is -2.02. The lowest BCUT2D eigenvalue weighted by molar-refractivity contribution is 1.15. The molecule has 0 aliphatic heterocycles. The number of aromatic nitrogens is 2. The molecule has 7 aromatic rings. The lowest BCUT2D eigenvalue weighted by atomic mass is 9.96. The summed E-state index contributed by atoms with van der Waals surface area (Å²) in [5, 5.41) is 12.8. The van der Waals surface area contributed by atoms with Crippen molar-refractivity contribution in [2.45, 2.75) is 20.8 Å². The van der Waals surface area contributed by atoms with Gasteiger partial charge in [0.05, 0.1) is 28.4 Å². The van der Waals surface area contributed by atoms with E-state index in [0.717, 1.165) is 33.4 Å². The van der Waals surface area contributed by atoms with E-state index in [-0.39, 0.29) is 0 Å². The Morgan fingerprint density at radius 3 is 1.60 bits per heavy atom. The Kier molecular flexibility index (Phi) is 6.18. The molecule has 3 heteroatoms. The first-order valence-corrected chi connectivity index (χ1v) is 14.2. The average Bonchev–Trinajstić information content (AvgIpc) is 3.37. The van der Waals surface area contributed by atoms with Crippen molar-refractivity contribution in [3.8, 4) is 45.1 Å². The molecular weight excluding hydrogens is 510 g/mol. The highest BCUT2D eigenvalue weighted by Gasteiger charge is 2.22. The molecule has 200 valence electrons. The minimum absolute atomic E-state index is 0.638. The third-order valence-electron chi connectivity index (χ3n) is 8.37. The number of hydrogen-bond donors (Lipinski definition) is 0. The molecule has 0 N–H and O–H groups in total. The number of rotatable bonds is 4. The number of nitriles is 1. The summed E-state index contributed by atoms with van der Waals surface area (Å²) in [6.07, 6.45) is 3.55. The molecule has 0 spiro atoms. The number of aryl methyl sites for hydroxylation is 3. The monoisotopic (exact) mass is 539 g/mol. The molecule has 5 aromatic carbocycles. The Hall–Kier alpha value is -5.46. The third-order valence-corrected chi connectivity index (χ3v) is 8.37. The molecule has 0 radical (unpaired) electrons. The Morgan fingerprint density at radius 2 is 1.07 bits per heavy atom. The fourth-order valence-corrected chi connectivity index (χ4v) is 6.34. The number of benzene rings is 5. The standard InChI is InChI=1S/C39H29N3/c1-25-10-4-6-12-30(25)32-14-8-16-34-35-17-9-15-33(31-13-7-5-11-26(31)2)39(35)42(38(32)34)37-23-29(24-40)36(22-27(37)3)28-18-20-41-21-19-28/h4-23H,1-3H3. The zero-order valence-corrected chi connectivity index (χ0v) is 23.9. The fraction of sp³-hybridized carbons (Fsp3) is 0.0769. The van der Waals surface area contributed by atoms with Gasteiger partial charge in [0, 0.05) is 34.3 Å². The van der Waals surface area contributed by atoms with E-state index in [1.165, 1.54) is 44.2 Å². The second-order valence-electron chi connectivity index (χ2n) is 10.9. The number of fused-ring (bicyclic) bond motifs is 3. The van der Waals surface area contributed by atoms with Crippen LogP contribution >= 0.6 is 0 Å². The van der Waals surface area contributed by atoms with Crippen molar-refractivity contribution in [2.24, 2.45) is 0 Å². The van der Waals surface area contributed by atoms with Gasteiger partial charge in [-0.1, -0.05) is 84.9 Å². The minimum atomic E-state index is 0.638. The number of pyridine rings is 1. The smallest absolute Gasteiger partial charge is 0.0998 e. The van der Waals surface area contributed by atoms with Crippen LogP contribution in [0.3, 0.4) is 0 Å². The van der Waals surface area contributed by atoms with Crippen LogP contribution in [-0.4, -0.2) is 9.55 Å². The van der Waals surface area contributed by atoms with Gasteiger partial charge in [0.1, 0.15) is 0 Å². The van der Waals surface area contributed by atoms with Crippen molar-refractivity contribution < 1.29 is 0 Å². The van der Waals surface area contributed by atoms with Gasteiger partial charge in [-0.15, -0.1) is 0 Å². The maximum absolute atomic E-state index is 10.4. The van der Waals surface area contributed by atoms with Crippen molar-refractivity contribution >= 4 is 21.8 Å². The Labute approximate surface area is 246 Å². The maximum Gasteiger partial charge on any atom is 0.0998 e. The van der Waals surface area contributed by atoms with Crippen LogP contribution in [0.2, 0.25) is 0 Å². The van der Waals surface area contributed by atoms with Crippen LogP contribution in [0.25, 0.3) is 60.9 Å². The largest absolute Gasteiger partial charge is 0.308 e. The van der Waals surface area contributed by atoms with E-state index in [4.69, 9.17) is 0 Å². The quantitative estimate of drug-likeness (QED) is 0.223. The molecular formula is C39H29N3. The molecule has 0 saturated heterocycles. The van der Waals surface area contributed by atoms with E-state index in [1.54, 1.807) is 12.4 Å². The van der Waals surface area contributed by atoms with Gasteiger partial charge in [-0.05, 0) is 84.0 Å². The first-order chi connectivity index (χ1) is 20.6. The molecule has 0 amide bonds. The summed E-state index contributed by atoms with van der Waals surface area (Å²) in [5.74, 6) is 0. The van der Waals surface area contributed by atoms with E-state index in [2.05, 4.69) is 133 Å². The Bertz CT molecular complexity index is 2080. The molecule has 3 nitrogen and oxygen atoms in total. The van der Waals surface area contributed by atoms with Crippen LogP contribution in [0.5, 0.6) is 0 Å². The molecule has 0 atom stereocenters. The van der Waals surface area contributed by atoms with Crippen LogP contribution in [0.4, 0.5) is 0 Å². The van der Waals surface area contributed by atoms with Crippen LogP contribution in [0, 0.1) is 32.1 Å². The van der Waals surface area contributed by atoms with Gasteiger partial charge in [-0.3, -0.25) is 4.98 Å². The molecule has 42 heavy (non-hydrogen) atoms. The first-order valence-electron chi connectivity index (χ1n) is 14.2. The molecule has 0 aliphatic carbocycles. The summed E-state index contributed by atoms with van der Waals surface area (Å²) in [7, 11) is 0. The van der Waals surface area contributed by atoms with Gasteiger partial charge >= 0.3 is 0 Å². The average molecular weight is 540 g/mol. The third kappa shape index (κ3) is 4.00. The number of nitrogens with zero attached hydrogens (tertiary/aromatic N) is 3. The van der Waals surface area contributed by atoms with Crippen molar-refractivity contribution in [2.75, 3.05) is 0 Å². The SMILES string of the molecule is Cc1ccccc1-c1cccc2c3cccc(-c4ccccc4C)c3n(-c3cc(C#N)c(-c4ccncc4)cc3C)c12. The number of hydrogen-bond acceptors (Lipinski definition) is 2. The summed E-state index contributed by atoms with van der Waals surface area (Å²) in [5.41, 5.74) is 14.1. The highest BCUT2D eigenvalue weighted by Crippen LogP contribution is 2.44. The predicted octanol–water partition coefficient (Wildman–Crippen LogP) is 9.98. The Balaban J connectivity index is 1.67. The van der Waals surface area contributed by atoms with Crippen LogP contribution in [-0.2, 0) is 0 Å². The van der Waals surface area contributed by atoms with Crippen LogP contribution in [0.15, 0.2) is 122 Å². The normalized spacial score (nSPS) is 11.2. The molecule has 0 unspecified atom stereocenters. The maximum atomic E-state index is 10.4. The molecule has 2 aromatic heterocycles. The topological polar surface area (TPSA) is 41.6 Å². The summed E-state index contributed by atoms with van der Waals surface area (Å²) in [4.78, 5) is 4.18. The highest BCUT2D eigenvalue weighted by atomic mass is 15.0. The summed E-state index contributed by atoms with van der Waals surface area (Å²) < 4.78 is 2.40. The molecule has 2 heterocycles. The summed E-state index contributed by atoms with van der Waals surface area (Å²) in [6, 6.07) is 41.0. The van der Waals surface area contributed by atoms with E-state index in [0.29, 0.717) is 5.56 Å². The lowest BCUT2D eigenvalue weighted by Gasteiger charge is -2.18. The van der Waals surface area contributed by atoms with Gasteiger partial charge in [0.25, 0.3) is 0 Å². The zero-order chi connectivity index (χ0) is 28.8. The fourth-order valence-electron chi connectivity index (χ4n) is 6.34. The molecule has 7 rings (SSSR count). The van der Waals surface area contributed by atoms with E-state index in [1.807, 2.05) is 12.1 Å². The van der Waals surface area contributed by atoms with Gasteiger partial charge in [-0.2, -0.15) is 5.26 Å². The van der Waals surface area contributed by atoms with E-state index >= 15 is 0 Å². The van der Waals surface area contributed by atoms with E-state index in [9.17, 15) is 5.26 Å². The summed E-state index contributed by atoms with van der Waals surface area (Å²) >= 11 is 0. The second kappa shape index (κ2) is 10.2. The molecule has 0 fully saturated rings. The molecule has 0 aliphatic rings. The predicted molar refractivity (Wildman–Crippen MR) is 174 cm³/mol. The Morgan fingerprint density at radius 1 is 0.548 bits per heavy atom. The van der Waals surface area contributed by atoms with Crippen LogP contribution < -0.4 is 0 Å².